The maximum Gasteiger partial charge on any atom is 0.306 e. The molecule has 2 atom stereocenters. The molecule has 1 aromatic heterocycles. The van der Waals surface area contributed by atoms with Crippen LogP contribution in [0.5, 0.6) is 0 Å². The molecule has 0 aliphatic heterocycles. The van der Waals surface area contributed by atoms with Gasteiger partial charge in [-0.1, -0.05) is 13.3 Å². The van der Waals surface area contributed by atoms with E-state index in [4.69, 9.17) is 5.11 Å². The second-order valence-electron chi connectivity index (χ2n) is 4.88. The lowest BCUT2D eigenvalue weighted by Gasteiger charge is -2.14. The van der Waals surface area contributed by atoms with Crippen molar-refractivity contribution < 1.29 is 18.3 Å². The van der Waals surface area contributed by atoms with Crippen LogP contribution in [0.2, 0.25) is 0 Å². The summed E-state index contributed by atoms with van der Waals surface area (Å²) in [6.45, 7) is 3.41. The van der Waals surface area contributed by atoms with Crippen LogP contribution >= 0.6 is 0 Å². The Kier molecular flexibility index (Phi) is 6.09. The van der Waals surface area contributed by atoms with Crippen LogP contribution in [0.15, 0.2) is 29.4 Å². The van der Waals surface area contributed by atoms with Crippen LogP contribution in [0.3, 0.4) is 0 Å². The third-order valence-corrected chi connectivity index (χ3v) is 4.57. The molecule has 0 saturated carbocycles. The Labute approximate surface area is 119 Å². The van der Waals surface area contributed by atoms with Crippen LogP contribution in [0.25, 0.3) is 0 Å². The molecule has 0 radical (unpaired) electrons. The van der Waals surface area contributed by atoms with E-state index in [1.165, 1.54) is 18.5 Å². The first kappa shape index (κ1) is 16.6. The van der Waals surface area contributed by atoms with Gasteiger partial charge in [-0.2, -0.15) is 0 Å². The zero-order chi connectivity index (χ0) is 15.2. The minimum Gasteiger partial charge on any atom is -0.481 e. The van der Waals surface area contributed by atoms with Crippen molar-refractivity contribution in [1.82, 2.24) is 9.71 Å². The third-order valence-electron chi connectivity index (χ3n) is 3.00. The molecular formula is C13H20N2O4S. The molecule has 0 fully saturated rings. The fourth-order valence-electron chi connectivity index (χ4n) is 1.75. The van der Waals surface area contributed by atoms with E-state index in [-0.39, 0.29) is 10.9 Å². The molecule has 0 bridgehead atoms. The largest absolute Gasteiger partial charge is 0.481 e. The number of rotatable bonds is 8. The number of carboxylic acids is 1. The van der Waals surface area contributed by atoms with Crippen LogP contribution in [0.4, 0.5) is 0 Å². The number of carbonyl (C=O) groups is 1. The fraction of sp³-hybridized carbons (Fsp3) is 0.538. The van der Waals surface area contributed by atoms with Crippen LogP contribution in [-0.2, 0) is 14.8 Å². The molecule has 1 aromatic rings. The van der Waals surface area contributed by atoms with Crippen LogP contribution in [0, 0.1) is 5.92 Å². The van der Waals surface area contributed by atoms with Gasteiger partial charge in [-0.15, -0.1) is 0 Å². The van der Waals surface area contributed by atoms with Gasteiger partial charge in [0.2, 0.25) is 10.0 Å². The number of sulfonamides is 1. The van der Waals surface area contributed by atoms with E-state index in [1.807, 2.05) is 0 Å². The van der Waals surface area contributed by atoms with E-state index in [1.54, 1.807) is 19.9 Å². The summed E-state index contributed by atoms with van der Waals surface area (Å²) in [6, 6.07) is 2.80. The highest BCUT2D eigenvalue weighted by Gasteiger charge is 2.18. The SMILES string of the molecule is CC(CCCC(C)C(=O)O)NS(=O)(=O)c1cccnc1. The Morgan fingerprint density at radius 1 is 1.40 bits per heavy atom. The van der Waals surface area contributed by atoms with Gasteiger partial charge in [0.05, 0.1) is 5.92 Å². The fourth-order valence-corrected chi connectivity index (χ4v) is 2.99. The number of carboxylic acid groups (broad SMARTS) is 1. The van der Waals surface area contributed by atoms with Crippen molar-refractivity contribution in [3.05, 3.63) is 24.5 Å². The molecular weight excluding hydrogens is 280 g/mol. The zero-order valence-corrected chi connectivity index (χ0v) is 12.4. The molecule has 7 heteroatoms. The predicted molar refractivity (Wildman–Crippen MR) is 74.7 cm³/mol. The van der Waals surface area contributed by atoms with Crippen molar-refractivity contribution in [3.63, 3.8) is 0 Å². The molecule has 112 valence electrons. The van der Waals surface area contributed by atoms with Gasteiger partial charge < -0.3 is 5.11 Å². The van der Waals surface area contributed by atoms with E-state index < -0.39 is 21.9 Å². The summed E-state index contributed by atoms with van der Waals surface area (Å²) in [4.78, 5) is 14.6. The highest BCUT2D eigenvalue weighted by molar-refractivity contribution is 7.89. The lowest BCUT2D eigenvalue weighted by Crippen LogP contribution is -2.32. The Balaban J connectivity index is 2.46. The maximum atomic E-state index is 12.0. The second kappa shape index (κ2) is 7.35. The number of nitrogens with zero attached hydrogens (tertiary/aromatic N) is 1. The molecule has 2 unspecified atom stereocenters. The minimum absolute atomic E-state index is 0.130. The quantitative estimate of drug-likeness (QED) is 0.760. The molecule has 0 aliphatic carbocycles. The number of pyridine rings is 1. The standard InChI is InChI=1S/C13H20N2O4S/c1-10(13(16)17)5-3-6-11(2)15-20(18,19)12-7-4-8-14-9-12/h4,7-11,15H,3,5-6H2,1-2H3,(H,16,17). The van der Waals surface area contributed by atoms with Gasteiger partial charge in [0, 0.05) is 18.4 Å². The third kappa shape index (κ3) is 5.26. The van der Waals surface area contributed by atoms with E-state index in [0.717, 1.165) is 0 Å². The van der Waals surface area contributed by atoms with Crippen molar-refractivity contribution in [1.29, 1.82) is 0 Å². The molecule has 1 rings (SSSR count). The van der Waals surface area contributed by atoms with Crippen molar-refractivity contribution in [3.8, 4) is 0 Å². The molecule has 0 amide bonds. The van der Waals surface area contributed by atoms with Gasteiger partial charge in [0.1, 0.15) is 4.90 Å². The molecule has 0 spiro atoms. The highest BCUT2D eigenvalue weighted by atomic mass is 32.2. The summed E-state index contributed by atoms with van der Waals surface area (Å²) >= 11 is 0. The Morgan fingerprint density at radius 2 is 2.10 bits per heavy atom. The van der Waals surface area contributed by atoms with Crippen LogP contribution in [-0.4, -0.2) is 30.5 Å². The average molecular weight is 300 g/mol. The summed E-state index contributed by atoms with van der Waals surface area (Å²) in [7, 11) is -3.56. The van der Waals surface area contributed by atoms with E-state index >= 15 is 0 Å². The van der Waals surface area contributed by atoms with E-state index in [0.29, 0.717) is 19.3 Å². The second-order valence-corrected chi connectivity index (χ2v) is 6.60. The van der Waals surface area contributed by atoms with Gasteiger partial charge in [-0.05, 0) is 31.9 Å². The van der Waals surface area contributed by atoms with Crippen molar-refractivity contribution in [2.24, 2.45) is 5.92 Å². The van der Waals surface area contributed by atoms with Gasteiger partial charge in [-0.3, -0.25) is 9.78 Å². The monoisotopic (exact) mass is 300 g/mol. The smallest absolute Gasteiger partial charge is 0.306 e. The first-order valence-electron chi connectivity index (χ1n) is 6.48. The number of aromatic nitrogens is 1. The normalized spacial score (nSPS) is 14.7. The number of nitrogens with one attached hydrogen (secondary N) is 1. The molecule has 1 heterocycles. The van der Waals surface area contributed by atoms with Crippen molar-refractivity contribution in [2.75, 3.05) is 0 Å². The molecule has 0 aliphatic rings. The number of aliphatic carboxylic acids is 1. The van der Waals surface area contributed by atoms with Crippen LogP contribution < -0.4 is 4.72 Å². The van der Waals surface area contributed by atoms with Crippen molar-refractivity contribution >= 4 is 16.0 Å². The van der Waals surface area contributed by atoms with Crippen molar-refractivity contribution in [2.45, 2.75) is 44.0 Å². The molecule has 0 aromatic carbocycles. The first-order valence-corrected chi connectivity index (χ1v) is 7.96. The summed E-state index contributed by atoms with van der Waals surface area (Å²) in [6.07, 6.45) is 4.59. The lowest BCUT2D eigenvalue weighted by molar-refractivity contribution is -0.141. The average Bonchev–Trinajstić information content (AvgIpc) is 2.39. The maximum absolute atomic E-state index is 12.0. The molecule has 0 saturated heterocycles. The summed E-state index contributed by atoms with van der Waals surface area (Å²) in [5.41, 5.74) is 0. The lowest BCUT2D eigenvalue weighted by atomic mass is 10.0. The summed E-state index contributed by atoms with van der Waals surface area (Å²) in [5, 5.41) is 8.76. The molecule has 2 N–H and O–H groups in total. The number of hydrogen-bond acceptors (Lipinski definition) is 4. The van der Waals surface area contributed by atoms with Crippen LogP contribution in [0.1, 0.15) is 33.1 Å². The van der Waals surface area contributed by atoms with E-state index in [2.05, 4.69) is 9.71 Å². The topological polar surface area (TPSA) is 96.4 Å². The molecule has 20 heavy (non-hydrogen) atoms. The molecule has 6 nitrogen and oxygen atoms in total. The number of hydrogen-bond donors (Lipinski definition) is 2. The Morgan fingerprint density at radius 3 is 2.65 bits per heavy atom. The van der Waals surface area contributed by atoms with Gasteiger partial charge in [0.15, 0.2) is 0 Å². The Hall–Kier alpha value is -1.47. The summed E-state index contributed by atoms with van der Waals surface area (Å²) < 4.78 is 26.6. The summed E-state index contributed by atoms with van der Waals surface area (Å²) in [5.74, 6) is -1.23. The zero-order valence-electron chi connectivity index (χ0n) is 11.6. The minimum atomic E-state index is -3.56. The van der Waals surface area contributed by atoms with Gasteiger partial charge in [-0.25, -0.2) is 13.1 Å². The van der Waals surface area contributed by atoms with E-state index in [9.17, 15) is 13.2 Å². The van der Waals surface area contributed by atoms with Gasteiger partial charge in [0.25, 0.3) is 0 Å². The van der Waals surface area contributed by atoms with Gasteiger partial charge >= 0.3 is 5.97 Å². The highest BCUT2D eigenvalue weighted by Crippen LogP contribution is 2.12. The predicted octanol–water partition coefficient (Wildman–Crippen LogP) is 1.64. The first-order chi connectivity index (χ1) is 9.33. The Bertz CT molecular complexity index is 531.